The fraction of sp³-hybridized carbons (Fsp3) is 0.158. The van der Waals surface area contributed by atoms with E-state index in [1.165, 1.54) is 6.26 Å². The van der Waals surface area contributed by atoms with Crippen molar-refractivity contribution in [3.63, 3.8) is 0 Å². The molecule has 25 heavy (non-hydrogen) atoms. The maximum atomic E-state index is 12.2. The summed E-state index contributed by atoms with van der Waals surface area (Å²) in [4.78, 5) is 24.5. The highest BCUT2D eigenvalue weighted by Crippen LogP contribution is 2.24. The molecule has 0 spiro atoms. The van der Waals surface area contributed by atoms with Gasteiger partial charge in [-0.25, -0.2) is 4.79 Å². The third kappa shape index (κ3) is 4.36. The van der Waals surface area contributed by atoms with Gasteiger partial charge in [-0.1, -0.05) is 29.3 Å². The third-order valence-corrected chi connectivity index (χ3v) is 4.42. The summed E-state index contributed by atoms with van der Waals surface area (Å²) in [6.45, 7) is 4.23. The SMILES string of the molecule is Cc1cc(C)cc(COC(=O)c2ccc(NC(=O)c3ccco3)s2)c1. The summed E-state index contributed by atoms with van der Waals surface area (Å²) in [5, 5.41) is 3.24. The van der Waals surface area contributed by atoms with Gasteiger partial charge in [0.05, 0.1) is 11.3 Å². The van der Waals surface area contributed by atoms with E-state index in [1.807, 2.05) is 26.0 Å². The van der Waals surface area contributed by atoms with Crippen LogP contribution in [0.3, 0.4) is 0 Å². The van der Waals surface area contributed by atoms with Crippen molar-refractivity contribution in [2.45, 2.75) is 20.5 Å². The summed E-state index contributed by atoms with van der Waals surface area (Å²) in [6, 6.07) is 12.6. The average molecular weight is 355 g/mol. The summed E-state index contributed by atoms with van der Waals surface area (Å²) in [5.41, 5.74) is 3.21. The van der Waals surface area contributed by atoms with Crippen molar-refractivity contribution in [1.82, 2.24) is 0 Å². The van der Waals surface area contributed by atoms with Crippen LogP contribution in [-0.4, -0.2) is 11.9 Å². The van der Waals surface area contributed by atoms with E-state index in [1.54, 1.807) is 24.3 Å². The lowest BCUT2D eigenvalue weighted by molar-refractivity contribution is 0.0478. The molecule has 0 unspecified atom stereocenters. The Morgan fingerprint density at radius 3 is 2.56 bits per heavy atom. The zero-order valence-corrected chi connectivity index (χ0v) is 14.7. The highest BCUT2D eigenvalue weighted by molar-refractivity contribution is 7.18. The number of furan rings is 1. The second-order valence-electron chi connectivity index (χ2n) is 5.67. The standard InChI is InChI=1S/C19H17NO4S/c1-12-8-13(2)10-14(9-12)11-24-19(22)16-5-6-17(25-16)20-18(21)15-4-3-7-23-15/h3-10H,11H2,1-2H3,(H,20,21). The Kier molecular flexibility index (Phi) is 5.00. The molecule has 0 atom stereocenters. The number of carbonyl (C=O) groups excluding carboxylic acids is 2. The number of ether oxygens (including phenoxy) is 1. The number of aryl methyl sites for hydroxylation is 2. The van der Waals surface area contributed by atoms with Crippen LogP contribution in [0.15, 0.2) is 53.1 Å². The van der Waals surface area contributed by atoms with Crippen LogP contribution >= 0.6 is 11.3 Å². The first kappa shape index (κ1) is 17.0. The lowest BCUT2D eigenvalue weighted by atomic mass is 10.1. The second-order valence-corrected chi connectivity index (χ2v) is 6.75. The number of rotatable bonds is 5. The number of benzene rings is 1. The maximum absolute atomic E-state index is 12.2. The molecule has 1 aromatic carbocycles. The van der Waals surface area contributed by atoms with Gasteiger partial charge in [-0.2, -0.15) is 0 Å². The molecule has 2 aromatic heterocycles. The molecule has 0 aliphatic carbocycles. The first-order valence-corrected chi connectivity index (χ1v) is 8.52. The largest absolute Gasteiger partial charge is 0.459 e. The van der Waals surface area contributed by atoms with E-state index >= 15 is 0 Å². The Morgan fingerprint density at radius 2 is 1.88 bits per heavy atom. The van der Waals surface area contributed by atoms with Crippen molar-refractivity contribution in [3.05, 3.63) is 76.1 Å². The molecule has 0 aliphatic rings. The number of nitrogens with one attached hydrogen (secondary N) is 1. The van der Waals surface area contributed by atoms with Crippen molar-refractivity contribution < 1.29 is 18.7 Å². The van der Waals surface area contributed by atoms with Gasteiger partial charge in [0, 0.05) is 0 Å². The molecule has 1 amide bonds. The molecule has 0 bridgehead atoms. The van der Waals surface area contributed by atoms with Crippen LogP contribution in [0.25, 0.3) is 0 Å². The number of thiophene rings is 1. The molecule has 0 aliphatic heterocycles. The Hall–Kier alpha value is -2.86. The van der Waals surface area contributed by atoms with E-state index in [0.717, 1.165) is 28.0 Å². The molecule has 5 nitrogen and oxygen atoms in total. The van der Waals surface area contributed by atoms with Gasteiger partial charge >= 0.3 is 5.97 Å². The summed E-state index contributed by atoms with van der Waals surface area (Å²) >= 11 is 1.16. The van der Waals surface area contributed by atoms with Gasteiger partial charge < -0.3 is 14.5 Å². The minimum atomic E-state index is -0.414. The number of esters is 1. The summed E-state index contributed by atoms with van der Waals surface area (Å²) in [5.74, 6) is -0.558. The Balaban J connectivity index is 1.59. The first-order valence-electron chi connectivity index (χ1n) is 7.70. The number of hydrogen-bond acceptors (Lipinski definition) is 5. The Bertz CT molecular complexity index is 876. The van der Waals surface area contributed by atoms with E-state index in [9.17, 15) is 9.59 Å². The third-order valence-electron chi connectivity index (χ3n) is 3.44. The van der Waals surface area contributed by atoms with Crippen molar-refractivity contribution in [1.29, 1.82) is 0 Å². The predicted molar refractivity (Wildman–Crippen MR) is 96.0 cm³/mol. The van der Waals surface area contributed by atoms with Crippen molar-refractivity contribution in [3.8, 4) is 0 Å². The highest BCUT2D eigenvalue weighted by atomic mass is 32.1. The smallest absolute Gasteiger partial charge is 0.348 e. The number of hydrogen-bond donors (Lipinski definition) is 1. The summed E-state index contributed by atoms with van der Waals surface area (Å²) in [6.07, 6.45) is 1.43. The molecule has 3 rings (SSSR count). The molecular formula is C19H17NO4S. The molecule has 0 saturated carbocycles. The van der Waals surface area contributed by atoms with Gasteiger partial charge in [0.2, 0.25) is 0 Å². The average Bonchev–Trinajstić information content (AvgIpc) is 3.23. The van der Waals surface area contributed by atoms with Gasteiger partial charge in [0.15, 0.2) is 5.76 Å². The van der Waals surface area contributed by atoms with E-state index in [4.69, 9.17) is 9.15 Å². The molecule has 2 heterocycles. The van der Waals surface area contributed by atoms with Crippen molar-refractivity contribution in [2.24, 2.45) is 0 Å². The predicted octanol–water partition coefficient (Wildman–Crippen LogP) is 4.57. The Morgan fingerprint density at radius 1 is 1.12 bits per heavy atom. The topological polar surface area (TPSA) is 68.5 Å². The monoisotopic (exact) mass is 355 g/mol. The molecule has 0 saturated heterocycles. The van der Waals surface area contributed by atoms with Crippen LogP contribution in [0.1, 0.15) is 36.9 Å². The fourth-order valence-corrected chi connectivity index (χ4v) is 3.26. The normalized spacial score (nSPS) is 10.5. The molecule has 0 radical (unpaired) electrons. The van der Waals surface area contributed by atoms with Crippen LogP contribution in [-0.2, 0) is 11.3 Å². The molecule has 6 heteroatoms. The van der Waals surface area contributed by atoms with Crippen LogP contribution in [0.4, 0.5) is 5.00 Å². The molecule has 0 fully saturated rings. The first-order chi connectivity index (χ1) is 12.0. The zero-order chi connectivity index (χ0) is 17.8. The molecule has 1 N–H and O–H groups in total. The second kappa shape index (κ2) is 7.36. The van der Waals surface area contributed by atoms with Gasteiger partial charge in [-0.15, -0.1) is 11.3 Å². The summed E-state index contributed by atoms with van der Waals surface area (Å²) < 4.78 is 10.4. The van der Waals surface area contributed by atoms with Crippen LogP contribution in [0.2, 0.25) is 0 Å². The number of anilines is 1. The van der Waals surface area contributed by atoms with Crippen molar-refractivity contribution >= 4 is 28.2 Å². The zero-order valence-electron chi connectivity index (χ0n) is 13.9. The minimum absolute atomic E-state index is 0.215. The number of carbonyl (C=O) groups is 2. The fourth-order valence-electron chi connectivity index (χ4n) is 2.47. The van der Waals surface area contributed by atoms with Gasteiger partial charge in [0.25, 0.3) is 5.91 Å². The van der Waals surface area contributed by atoms with Crippen LogP contribution in [0, 0.1) is 13.8 Å². The van der Waals surface area contributed by atoms with E-state index in [0.29, 0.717) is 9.88 Å². The minimum Gasteiger partial charge on any atom is -0.459 e. The molecule has 3 aromatic rings. The van der Waals surface area contributed by atoms with E-state index in [-0.39, 0.29) is 18.3 Å². The lowest BCUT2D eigenvalue weighted by Crippen LogP contribution is -2.09. The Labute approximate surface area is 149 Å². The van der Waals surface area contributed by atoms with Gasteiger partial charge in [-0.3, -0.25) is 4.79 Å². The highest BCUT2D eigenvalue weighted by Gasteiger charge is 2.14. The van der Waals surface area contributed by atoms with Crippen LogP contribution < -0.4 is 5.32 Å². The van der Waals surface area contributed by atoms with E-state index < -0.39 is 5.97 Å². The molecule has 128 valence electrons. The van der Waals surface area contributed by atoms with Crippen molar-refractivity contribution in [2.75, 3.05) is 5.32 Å². The lowest BCUT2D eigenvalue weighted by Gasteiger charge is -2.06. The number of amides is 1. The summed E-state index contributed by atoms with van der Waals surface area (Å²) in [7, 11) is 0. The maximum Gasteiger partial charge on any atom is 0.348 e. The van der Waals surface area contributed by atoms with Gasteiger partial charge in [0.1, 0.15) is 11.5 Å². The van der Waals surface area contributed by atoms with Gasteiger partial charge in [-0.05, 0) is 43.7 Å². The quantitative estimate of drug-likeness (QED) is 0.681. The van der Waals surface area contributed by atoms with E-state index in [2.05, 4.69) is 11.4 Å². The molecular weight excluding hydrogens is 338 g/mol. The van der Waals surface area contributed by atoms with Crippen LogP contribution in [0.5, 0.6) is 0 Å².